The molecule has 0 saturated carbocycles. The molecule has 0 spiro atoms. The molecule has 6 heteroatoms. The van der Waals surface area contributed by atoms with E-state index in [-0.39, 0.29) is 16.5 Å². The Balaban J connectivity index is 2.40. The van der Waals surface area contributed by atoms with Crippen molar-refractivity contribution in [3.05, 3.63) is 61.2 Å². The third-order valence-electron chi connectivity index (χ3n) is 2.16. The highest BCUT2D eigenvalue weighted by Crippen LogP contribution is 2.37. The van der Waals surface area contributed by atoms with Gasteiger partial charge in [0.05, 0.1) is 4.92 Å². The second-order valence-electron chi connectivity index (χ2n) is 3.40. The van der Waals surface area contributed by atoms with Crippen LogP contribution in [0.4, 0.5) is 5.69 Å². The van der Waals surface area contributed by atoms with Gasteiger partial charge in [0.25, 0.3) is 0 Å². The van der Waals surface area contributed by atoms with Crippen molar-refractivity contribution < 1.29 is 9.66 Å². The summed E-state index contributed by atoms with van der Waals surface area (Å²) < 4.78 is 6.48. The second-order valence-corrected chi connectivity index (χ2v) is 5.06. The molecule has 2 aromatic carbocycles. The van der Waals surface area contributed by atoms with Crippen molar-refractivity contribution >= 4 is 39.9 Å². The van der Waals surface area contributed by atoms with Gasteiger partial charge in [-0.3, -0.25) is 10.1 Å². The van der Waals surface area contributed by atoms with E-state index < -0.39 is 4.92 Å². The summed E-state index contributed by atoms with van der Waals surface area (Å²) in [6.45, 7) is 0. The fraction of sp³-hybridized carbons (Fsp3) is 0. The summed E-state index contributed by atoms with van der Waals surface area (Å²) in [5.41, 5.74) is -0.224. The SMILES string of the molecule is O=[N+]([O-])c1c(Cl)cccc1Oc1cccc(I)c1. The molecule has 0 aliphatic rings. The molecule has 0 fully saturated rings. The van der Waals surface area contributed by atoms with E-state index in [1.807, 2.05) is 12.1 Å². The zero-order valence-electron chi connectivity index (χ0n) is 8.97. The standard InChI is InChI=1S/C12H7ClINO3/c13-10-5-2-6-11(12(10)15(16)17)18-9-4-1-3-8(14)7-9/h1-7H. The van der Waals surface area contributed by atoms with E-state index in [9.17, 15) is 10.1 Å². The number of rotatable bonds is 3. The Morgan fingerprint density at radius 1 is 1.22 bits per heavy atom. The molecule has 2 aromatic rings. The number of para-hydroxylation sites is 1. The Morgan fingerprint density at radius 2 is 1.94 bits per heavy atom. The lowest BCUT2D eigenvalue weighted by Gasteiger charge is -2.07. The minimum atomic E-state index is -0.550. The molecule has 92 valence electrons. The smallest absolute Gasteiger partial charge is 0.329 e. The number of ether oxygens (including phenoxy) is 1. The molecule has 0 saturated heterocycles. The van der Waals surface area contributed by atoms with E-state index in [0.717, 1.165) is 3.57 Å². The normalized spacial score (nSPS) is 10.1. The zero-order valence-corrected chi connectivity index (χ0v) is 11.9. The van der Waals surface area contributed by atoms with Gasteiger partial charge < -0.3 is 4.74 Å². The van der Waals surface area contributed by atoms with Crippen molar-refractivity contribution in [3.63, 3.8) is 0 Å². The third kappa shape index (κ3) is 2.91. The molecular weight excluding hydrogens is 368 g/mol. The van der Waals surface area contributed by atoms with E-state index in [2.05, 4.69) is 22.6 Å². The van der Waals surface area contributed by atoms with Crippen molar-refractivity contribution in [3.8, 4) is 11.5 Å². The third-order valence-corrected chi connectivity index (χ3v) is 3.13. The van der Waals surface area contributed by atoms with Gasteiger partial charge in [-0.15, -0.1) is 0 Å². The van der Waals surface area contributed by atoms with Gasteiger partial charge in [-0.1, -0.05) is 23.7 Å². The summed E-state index contributed by atoms with van der Waals surface area (Å²) in [6.07, 6.45) is 0. The van der Waals surface area contributed by atoms with Crippen LogP contribution in [0.5, 0.6) is 11.5 Å². The summed E-state index contributed by atoms with van der Waals surface area (Å²) in [5.74, 6) is 0.668. The van der Waals surface area contributed by atoms with Gasteiger partial charge in [0.1, 0.15) is 10.8 Å². The maximum atomic E-state index is 10.9. The number of hydrogen-bond donors (Lipinski definition) is 0. The first kappa shape index (κ1) is 13.1. The highest BCUT2D eigenvalue weighted by Gasteiger charge is 2.20. The number of halogens is 2. The predicted octanol–water partition coefficient (Wildman–Crippen LogP) is 4.65. The molecule has 18 heavy (non-hydrogen) atoms. The highest BCUT2D eigenvalue weighted by atomic mass is 127. The van der Waals surface area contributed by atoms with Crippen molar-refractivity contribution in [1.29, 1.82) is 0 Å². The summed E-state index contributed by atoms with van der Waals surface area (Å²) in [4.78, 5) is 10.4. The summed E-state index contributed by atoms with van der Waals surface area (Å²) in [7, 11) is 0. The molecule has 0 heterocycles. The van der Waals surface area contributed by atoms with Gasteiger partial charge in [-0.05, 0) is 52.9 Å². The molecule has 2 rings (SSSR count). The van der Waals surface area contributed by atoms with E-state index in [0.29, 0.717) is 5.75 Å². The van der Waals surface area contributed by atoms with Crippen LogP contribution in [0.2, 0.25) is 5.02 Å². The maximum absolute atomic E-state index is 10.9. The van der Waals surface area contributed by atoms with E-state index in [1.54, 1.807) is 18.2 Å². The minimum absolute atomic E-state index is 0.0585. The summed E-state index contributed by atoms with van der Waals surface area (Å²) in [5, 5.41) is 11.0. The van der Waals surface area contributed by atoms with Crippen LogP contribution in [0, 0.1) is 13.7 Å². The van der Waals surface area contributed by atoms with Gasteiger partial charge >= 0.3 is 5.69 Å². The molecule has 0 unspecified atom stereocenters. The molecule has 0 radical (unpaired) electrons. The predicted molar refractivity (Wildman–Crippen MR) is 77.3 cm³/mol. The van der Waals surface area contributed by atoms with Crippen molar-refractivity contribution in [1.82, 2.24) is 0 Å². The van der Waals surface area contributed by atoms with Gasteiger partial charge in [0.15, 0.2) is 0 Å². The fourth-order valence-corrected chi connectivity index (χ4v) is 2.16. The van der Waals surface area contributed by atoms with E-state index in [1.165, 1.54) is 12.1 Å². The number of hydrogen-bond acceptors (Lipinski definition) is 3. The molecule has 4 nitrogen and oxygen atoms in total. The molecule has 0 aliphatic heterocycles. The van der Waals surface area contributed by atoms with Gasteiger partial charge in [0, 0.05) is 3.57 Å². The number of nitrogens with zero attached hydrogens (tertiary/aromatic N) is 1. The molecular formula is C12H7ClINO3. The minimum Gasteiger partial charge on any atom is -0.450 e. The van der Waals surface area contributed by atoms with Gasteiger partial charge in [-0.2, -0.15) is 0 Å². The van der Waals surface area contributed by atoms with Crippen molar-refractivity contribution in [2.45, 2.75) is 0 Å². The van der Waals surface area contributed by atoms with Crippen LogP contribution in [0.15, 0.2) is 42.5 Å². The fourth-order valence-electron chi connectivity index (χ4n) is 1.41. The van der Waals surface area contributed by atoms with E-state index >= 15 is 0 Å². The Hall–Kier alpha value is -1.34. The first-order chi connectivity index (χ1) is 8.58. The molecule has 0 bridgehead atoms. The van der Waals surface area contributed by atoms with Crippen molar-refractivity contribution in [2.24, 2.45) is 0 Å². The maximum Gasteiger partial charge on any atom is 0.329 e. The lowest BCUT2D eigenvalue weighted by atomic mass is 10.3. The van der Waals surface area contributed by atoms with Crippen LogP contribution in [0.25, 0.3) is 0 Å². The first-order valence-corrected chi connectivity index (χ1v) is 6.40. The zero-order chi connectivity index (χ0) is 13.1. The lowest BCUT2D eigenvalue weighted by Crippen LogP contribution is -1.94. The first-order valence-electron chi connectivity index (χ1n) is 4.94. The van der Waals surface area contributed by atoms with Crippen LogP contribution >= 0.6 is 34.2 Å². The molecule has 0 amide bonds. The molecule has 0 atom stereocenters. The largest absolute Gasteiger partial charge is 0.450 e. The monoisotopic (exact) mass is 375 g/mol. The summed E-state index contributed by atoms with van der Waals surface area (Å²) in [6, 6.07) is 11.8. The second kappa shape index (κ2) is 5.53. The highest BCUT2D eigenvalue weighted by molar-refractivity contribution is 14.1. The number of nitro benzene ring substituents is 1. The summed E-state index contributed by atoms with van der Waals surface area (Å²) >= 11 is 7.94. The Kier molecular flexibility index (Phi) is 4.03. The van der Waals surface area contributed by atoms with Crippen LogP contribution in [0.1, 0.15) is 0 Å². The molecule has 0 aromatic heterocycles. The van der Waals surface area contributed by atoms with Gasteiger partial charge in [0.2, 0.25) is 5.75 Å². The number of nitro groups is 1. The Bertz CT molecular complexity index is 604. The molecule has 0 N–H and O–H groups in total. The van der Waals surface area contributed by atoms with Gasteiger partial charge in [-0.25, -0.2) is 0 Å². The van der Waals surface area contributed by atoms with Crippen LogP contribution in [0.3, 0.4) is 0 Å². The van der Waals surface area contributed by atoms with Crippen LogP contribution < -0.4 is 4.74 Å². The number of benzene rings is 2. The Morgan fingerprint density at radius 3 is 2.61 bits per heavy atom. The van der Waals surface area contributed by atoms with E-state index in [4.69, 9.17) is 16.3 Å². The Labute approximate surface area is 122 Å². The average molecular weight is 376 g/mol. The average Bonchev–Trinajstić information content (AvgIpc) is 2.28. The topological polar surface area (TPSA) is 52.4 Å². The van der Waals surface area contributed by atoms with Crippen molar-refractivity contribution in [2.75, 3.05) is 0 Å². The lowest BCUT2D eigenvalue weighted by molar-refractivity contribution is -0.385. The quantitative estimate of drug-likeness (QED) is 0.446. The molecule has 0 aliphatic carbocycles. The van der Waals surface area contributed by atoms with Crippen LogP contribution in [-0.2, 0) is 0 Å². The van der Waals surface area contributed by atoms with Crippen LogP contribution in [-0.4, -0.2) is 4.92 Å².